The van der Waals surface area contributed by atoms with E-state index in [2.05, 4.69) is 0 Å². The maximum Gasteiger partial charge on any atom is 0.340 e. The van der Waals surface area contributed by atoms with Gasteiger partial charge in [0.1, 0.15) is 5.56 Å². The maximum atomic E-state index is 13.1. The number of benzene rings is 4. The molecular formula is C27H16N2O7. The van der Waals surface area contributed by atoms with Crippen molar-refractivity contribution < 1.29 is 28.8 Å². The molecule has 36 heavy (non-hydrogen) atoms. The van der Waals surface area contributed by atoms with Crippen LogP contribution in [0.1, 0.15) is 41.4 Å². The fourth-order valence-corrected chi connectivity index (χ4v) is 4.13. The zero-order valence-corrected chi connectivity index (χ0v) is 18.5. The standard InChI is InChI=1S/C27H16N2O7/c30-23(18-13-12-16-6-1-2-7-17(16)14-18)15-36-27(33)19-8-3-4-10-21(19)28-25(31)20-9-5-11-22(29(34)35)24(20)26(28)32/h1-14H,15H2. The zero-order valence-electron chi connectivity index (χ0n) is 18.5. The number of esters is 1. The highest BCUT2D eigenvalue weighted by Gasteiger charge is 2.43. The summed E-state index contributed by atoms with van der Waals surface area (Å²) in [6, 6.07) is 22.1. The summed E-state index contributed by atoms with van der Waals surface area (Å²) < 4.78 is 5.22. The Bertz CT molecular complexity index is 1610. The van der Waals surface area contributed by atoms with Crippen molar-refractivity contribution in [3.05, 3.63) is 117 Å². The number of nitrogens with zero attached hydrogens (tertiary/aromatic N) is 2. The van der Waals surface area contributed by atoms with Crippen molar-refractivity contribution >= 4 is 45.7 Å². The van der Waals surface area contributed by atoms with E-state index in [0.29, 0.717) is 10.5 Å². The number of rotatable bonds is 6. The van der Waals surface area contributed by atoms with Gasteiger partial charge in [-0.05, 0) is 35.0 Å². The average Bonchev–Trinajstić information content (AvgIpc) is 3.16. The molecule has 0 saturated heterocycles. The van der Waals surface area contributed by atoms with Gasteiger partial charge in [-0.1, -0.05) is 54.6 Å². The molecule has 1 heterocycles. The van der Waals surface area contributed by atoms with Gasteiger partial charge in [0, 0.05) is 11.6 Å². The Labute approximate surface area is 203 Å². The van der Waals surface area contributed by atoms with Crippen LogP contribution in [-0.2, 0) is 4.74 Å². The summed E-state index contributed by atoms with van der Waals surface area (Å²) in [6.07, 6.45) is 0. The number of ether oxygens (including phenoxy) is 1. The van der Waals surface area contributed by atoms with Crippen molar-refractivity contribution in [1.29, 1.82) is 0 Å². The molecule has 9 nitrogen and oxygen atoms in total. The van der Waals surface area contributed by atoms with Crippen molar-refractivity contribution in [2.75, 3.05) is 11.5 Å². The first kappa shape index (κ1) is 22.6. The number of anilines is 1. The summed E-state index contributed by atoms with van der Waals surface area (Å²) in [7, 11) is 0. The number of ketones is 1. The van der Waals surface area contributed by atoms with Crippen molar-refractivity contribution in [2.45, 2.75) is 0 Å². The summed E-state index contributed by atoms with van der Waals surface area (Å²) in [6.45, 7) is -0.556. The Morgan fingerprint density at radius 2 is 1.56 bits per heavy atom. The molecule has 4 aromatic rings. The maximum absolute atomic E-state index is 13.1. The quantitative estimate of drug-likeness (QED) is 0.130. The fourth-order valence-electron chi connectivity index (χ4n) is 4.13. The Morgan fingerprint density at radius 3 is 2.33 bits per heavy atom. The number of nitro groups is 1. The van der Waals surface area contributed by atoms with Gasteiger partial charge >= 0.3 is 5.97 Å². The number of imide groups is 1. The van der Waals surface area contributed by atoms with Crippen LogP contribution in [0.5, 0.6) is 0 Å². The lowest BCUT2D eigenvalue weighted by atomic mass is 10.0. The van der Waals surface area contributed by atoms with E-state index in [-0.39, 0.29) is 22.4 Å². The van der Waals surface area contributed by atoms with Crippen LogP contribution in [0, 0.1) is 10.1 Å². The van der Waals surface area contributed by atoms with E-state index in [1.54, 1.807) is 18.2 Å². The number of amides is 2. The molecule has 1 aliphatic rings. The molecule has 2 amide bonds. The normalized spacial score (nSPS) is 12.5. The Balaban J connectivity index is 1.39. The smallest absolute Gasteiger partial charge is 0.340 e. The largest absolute Gasteiger partial charge is 0.454 e. The lowest BCUT2D eigenvalue weighted by Gasteiger charge is -2.17. The molecule has 176 valence electrons. The van der Waals surface area contributed by atoms with Gasteiger partial charge in [-0.15, -0.1) is 0 Å². The number of fused-ring (bicyclic) bond motifs is 2. The first-order valence-corrected chi connectivity index (χ1v) is 10.8. The minimum Gasteiger partial charge on any atom is -0.454 e. The molecular weight excluding hydrogens is 464 g/mol. The van der Waals surface area contributed by atoms with Gasteiger partial charge in [-0.2, -0.15) is 0 Å². The van der Waals surface area contributed by atoms with Crippen molar-refractivity contribution in [1.82, 2.24) is 0 Å². The summed E-state index contributed by atoms with van der Waals surface area (Å²) in [5, 5.41) is 13.2. The Hall–Kier alpha value is -5.18. The van der Waals surface area contributed by atoms with Crippen LogP contribution in [0.4, 0.5) is 11.4 Å². The molecule has 0 atom stereocenters. The van der Waals surface area contributed by atoms with Crippen LogP contribution in [0.2, 0.25) is 0 Å². The number of carbonyl (C=O) groups is 4. The third-order valence-corrected chi connectivity index (χ3v) is 5.86. The van der Waals surface area contributed by atoms with E-state index in [1.165, 1.54) is 36.4 Å². The molecule has 4 aromatic carbocycles. The number of hydrogen-bond acceptors (Lipinski definition) is 7. The highest BCUT2D eigenvalue weighted by Crippen LogP contribution is 2.35. The van der Waals surface area contributed by atoms with Gasteiger partial charge in [0.2, 0.25) is 0 Å². The van der Waals surface area contributed by atoms with Crippen molar-refractivity contribution in [3.63, 3.8) is 0 Å². The molecule has 0 unspecified atom stereocenters. The van der Waals surface area contributed by atoms with E-state index in [4.69, 9.17) is 4.74 Å². The number of Topliss-reactive ketones (excluding diaryl/α,β-unsaturated/α-hetero) is 1. The van der Waals surface area contributed by atoms with Crippen LogP contribution in [0.3, 0.4) is 0 Å². The Morgan fingerprint density at radius 1 is 0.833 bits per heavy atom. The third kappa shape index (κ3) is 3.78. The number of para-hydroxylation sites is 1. The molecule has 1 aliphatic heterocycles. The van der Waals surface area contributed by atoms with Gasteiger partial charge < -0.3 is 4.74 Å². The SMILES string of the molecule is O=C(COC(=O)c1ccccc1N1C(=O)c2cccc([N+](=O)[O-])c2C1=O)c1ccc2ccccc2c1. The molecule has 0 aliphatic carbocycles. The highest BCUT2D eigenvalue weighted by atomic mass is 16.6. The van der Waals surface area contributed by atoms with Crippen molar-refractivity contribution in [2.24, 2.45) is 0 Å². The Kier molecular flexibility index (Phi) is 5.57. The molecule has 0 N–H and O–H groups in total. The molecule has 0 radical (unpaired) electrons. The molecule has 0 aromatic heterocycles. The zero-order chi connectivity index (χ0) is 25.4. The molecule has 5 rings (SSSR count). The number of hydrogen-bond donors (Lipinski definition) is 0. The first-order chi connectivity index (χ1) is 17.4. The number of nitro benzene ring substituents is 1. The first-order valence-electron chi connectivity index (χ1n) is 10.8. The van der Waals surface area contributed by atoms with E-state index in [1.807, 2.05) is 24.3 Å². The second-order valence-corrected chi connectivity index (χ2v) is 7.98. The van der Waals surface area contributed by atoms with Crippen LogP contribution >= 0.6 is 0 Å². The molecule has 9 heteroatoms. The lowest BCUT2D eigenvalue weighted by molar-refractivity contribution is -0.385. The second kappa shape index (κ2) is 8.88. The molecule has 0 spiro atoms. The van der Waals surface area contributed by atoms with Gasteiger partial charge in [-0.3, -0.25) is 24.5 Å². The highest BCUT2D eigenvalue weighted by molar-refractivity contribution is 6.36. The fraction of sp³-hybridized carbons (Fsp3) is 0.0370. The van der Waals surface area contributed by atoms with Crippen molar-refractivity contribution in [3.8, 4) is 0 Å². The van der Waals surface area contributed by atoms with E-state index < -0.39 is 40.8 Å². The second-order valence-electron chi connectivity index (χ2n) is 7.98. The monoisotopic (exact) mass is 480 g/mol. The molecule has 0 fully saturated rings. The van der Waals surface area contributed by atoms with Gasteiger partial charge in [0.25, 0.3) is 17.5 Å². The van der Waals surface area contributed by atoms with Crippen LogP contribution in [0.15, 0.2) is 84.9 Å². The van der Waals surface area contributed by atoms with E-state index >= 15 is 0 Å². The predicted molar refractivity (Wildman–Crippen MR) is 129 cm³/mol. The van der Waals surface area contributed by atoms with Gasteiger partial charge in [0.05, 0.1) is 21.7 Å². The van der Waals surface area contributed by atoms with Crippen LogP contribution < -0.4 is 4.90 Å². The third-order valence-electron chi connectivity index (χ3n) is 5.86. The van der Waals surface area contributed by atoms with Crippen LogP contribution in [0.25, 0.3) is 10.8 Å². The summed E-state index contributed by atoms with van der Waals surface area (Å²) in [5.74, 6) is -3.07. The molecule has 0 saturated carbocycles. The summed E-state index contributed by atoms with van der Waals surface area (Å²) >= 11 is 0. The van der Waals surface area contributed by atoms with Gasteiger partial charge in [-0.25, -0.2) is 9.69 Å². The van der Waals surface area contributed by atoms with Crippen LogP contribution in [-0.4, -0.2) is 35.1 Å². The lowest BCUT2D eigenvalue weighted by Crippen LogP contribution is -2.31. The minimum absolute atomic E-state index is 0.0962. The molecule has 0 bridgehead atoms. The summed E-state index contributed by atoms with van der Waals surface area (Å²) in [4.78, 5) is 63.0. The van der Waals surface area contributed by atoms with E-state index in [0.717, 1.165) is 16.8 Å². The topological polar surface area (TPSA) is 124 Å². The predicted octanol–water partition coefficient (Wildman–Crippen LogP) is 4.59. The minimum atomic E-state index is -0.925. The van der Waals surface area contributed by atoms with Gasteiger partial charge in [0.15, 0.2) is 12.4 Å². The number of carbonyl (C=O) groups excluding carboxylic acids is 4. The summed E-state index contributed by atoms with van der Waals surface area (Å²) in [5.41, 5.74) is -0.857. The van der Waals surface area contributed by atoms with E-state index in [9.17, 15) is 29.3 Å². The average molecular weight is 480 g/mol.